The number of benzene rings is 1. The van der Waals surface area contributed by atoms with Gasteiger partial charge in [0.05, 0.1) is 10.7 Å². The molecule has 0 atom stereocenters. The van der Waals surface area contributed by atoms with E-state index in [2.05, 4.69) is 10.6 Å². The fourth-order valence-corrected chi connectivity index (χ4v) is 1.56. The first kappa shape index (κ1) is 14.7. The van der Waals surface area contributed by atoms with Crippen LogP contribution in [0.3, 0.4) is 0 Å². The van der Waals surface area contributed by atoms with Crippen molar-refractivity contribution in [2.24, 2.45) is 0 Å². The molecule has 0 aliphatic rings. The predicted molar refractivity (Wildman–Crippen MR) is 69.3 cm³/mol. The number of aliphatic hydroxyl groups excluding tert-OH is 1. The number of amides is 2. The Hall–Kier alpha value is -1.33. The first-order valence-electron chi connectivity index (χ1n) is 5.49. The maximum atomic E-state index is 13.0. The number of hydrogen-bond donors (Lipinski definition) is 3. The van der Waals surface area contributed by atoms with Crippen LogP contribution in [0, 0.1) is 5.82 Å². The van der Waals surface area contributed by atoms with Crippen molar-refractivity contribution in [2.75, 3.05) is 11.9 Å². The van der Waals surface area contributed by atoms with Gasteiger partial charge in [0, 0.05) is 12.1 Å². The number of nitrogens with one attached hydrogen (secondary N) is 2. The van der Waals surface area contributed by atoms with Gasteiger partial charge in [0.15, 0.2) is 0 Å². The van der Waals surface area contributed by atoms with Crippen molar-refractivity contribution in [1.82, 2.24) is 5.32 Å². The van der Waals surface area contributed by atoms with Crippen molar-refractivity contribution in [3.63, 3.8) is 0 Å². The lowest BCUT2D eigenvalue weighted by Crippen LogP contribution is -2.46. The van der Waals surface area contributed by atoms with Crippen molar-refractivity contribution in [2.45, 2.75) is 25.8 Å². The first-order valence-corrected chi connectivity index (χ1v) is 5.87. The number of hydrogen-bond acceptors (Lipinski definition) is 2. The summed E-state index contributed by atoms with van der Waals surface area (Å²) in [5.74, 6) is -0.482. The van der Waals surface area contributed by atoms with Gasteiger partial charge in [-0.1, -0.05) is 11.6 Å². The van der Waals surface area contributed by atoms with Gasteiger partial charge in [-0.25, -0.2) is 9.18 Å². The van der Waals surface area contributed by atoms with Crippen LogP contribution in [-0.2, 0) is 0 Å². The molecule has 0 aliphatic heterocycles. The minimum Gasteiger partial charge on any atom is -0.396 e. The number of halogens is 2. The van der Waals surface area contributed by atoms with Gasteiger partial charge in [0.2, 0.25) is 0 Å². The molecule has 1 rings (SSSR count). The Morgan fingerprint density at radius 1 is 1.50 bits per heavy atom. The maximum absolute atomic E-state index is 13.0. The lowest BCUT2D eigenvalue weighted by molar-refractivity contribution is 0.218. The van der Waals surface area contributed by atoms with Crippen LogP contribution in [0.15, 0.2) is 18.2 Å². The van der Waals surface area contributed by atoms with E-state index in [1.165, 1.54) is 12.1 Å². The Kier molecular flexibility index (Phi) is 4.93. The highest BCUT2D eigenvalue weighted by molar-refractivity contribution is 6.33. The van der Waals surface area contributed by atoms with E-state index in [4.69, 9.17) is 16.7 Å². The van der Waals surface area contributed by atoms with Crippen molar-refractivity contribution in [1.29, 1.82) is 0 Å². The molecule has 0 radical (unpaired) electrons. The molecule has 1 aromatic rings. The summed E-state index contributed by atoms with van der Waals surface area (Å²) in [7, 11) is 0. The number of carbonyl (C=O) groups is 1. The largest absolute Gasteiger partial charge is 0.396 e. The third-order valence-corrected chi connectivity index (χ3v) is 2.69. The third kappa shape index (κ3) is 4.50. The molecular weight excluding hydrogens is 259 g/mol. The fraction of sp³-hybridized carbons (Fsp3) is 0.417. The highest BCUT2D eigenvalue weighted by Gasteiger charge is 2.20. The molecular formula is C12H16ClFN2O2. The molecule has 4 nitrogen and oxygen atoms in total. The molecule has 18 heavy (non-hydrogen) atoms. The van der Waals surface area contributed by atoms with Gasteiger partial charge in [-0.15, -0.1) is 0 Å². The number of urea groups is 1. The molecule has 0 saturated carbocycles. The Balaban J connectivity index is 2.67. The quantitative estimate of drug-likeness (QED) is 0.791. The van der Waals surface area contributed by atoms with Crippen molar-refractivity contribution >= 4 is 23.3 Å². The number of rotatable bonds is 4. The van der Waals surface area contributed by atoms with Gasteiger partial charge in [0.25, 0.3) is 0 Å². The molecule has 3 N–H and O–H groups in total. The van der Waals surface area contributed by atoms with Crippen LogP contribution < -0.4 is 10.6 Å². The Morgan fingerprint density at radius 2 is 2.17 bits per heavy atom. The summed E-state index contributed by atoms with van der Waals surface area (Å²) in [6.07, 6.45) is 0.414. The molecule has 0 aliphatic carbocycles. The second-order valence-corrected chi connectivity index (χ2v) is 4.97. The molecule has 0 heterocycles. The van der Waals surface area contributed by atoms with E-state index < -0.39 is 17.4 Å². The molecule has 1 aromatic carbocycles. The summed E-state index contributed by atoms with van der Waals surface area (Å²) in [6.45, 7) is 3.51. The summed E-state index contributed by atoms with van der Waals surface area (Å²) in [6, 6.07) is 3.22. The van der Waals surface area contributed by atoms with E-state index in [1.54, 1.807) is 13.8 Å². The third-order valence-electron chi connectivity index (χ3n) is 2.37. The van der Waals surface area contributed by atoms with Gasteiger partial charge in [-0.3, -0.25) is 0 Å². The van der Waals surface area contributed by atoms with E-state index in [0.29, 0.717) is 6.42 Å². The van der Waals surface area contributed by atoms with Gasteiger partial charge in [-0.2, -0.15) is 0 Å². The van der Waals surface area contributed by atoms with Crippen LogP contribution in [0.25, 0.3) is 0 Å². The van der Waals surface area contributed by atoms with Crippen molar-refractivity contribution in [3.05, 3.63) is 29.0 Å². The van der Waals surface area contributed by atoms with Crippen LogP contribution in [0.2, 0.25) is 5.02 Å². The zero-order chi connectivity index (χ0) is 13.8. The maximum Gasteiger partial charge on any atom is 0.319 e. The molecule has 0 fully saturated rings. The second-order valence-electron chi connectivity index (χ2n) is 4.56. The molecule has 0 bridgehead atoms. The topological polar surface area (TPSA) is 61.4 Å². The van der Waals surface area contributed by atoms with Gasteiger partial charge < -0.3 is 15.7 Å². The van der Waals surface area contributed by atoms with Crippen LogP contribution >= 0.6 is 11.6 Å². The van der Waals surface area contributed by atoms with E-state index in [-0.39, 0.29) is 17.3 Å². The Bertz CT molecular complexity index is 438. The average Bonchev–Trinajstić information content (AvgIpc) is 2.22. The van der Waals surface area contributed by atoms with Crippen LogP contribution in [0.5, 0.6) is 0 Å². The van der Waals surface area contributed by atoms with Crippen LogP contribution in [0.4, 0.5) is 14.9 Å². The first-order chi connectivity index (χ1) is 8.34. The van der Waals surface area contributed by atoms with E-state index >= 15 is 0 Å². The van der Waals surface area contributed by atoms with E-state index in [9.17, 15) is 9.18 Å². The number of carbonyl (C=O) groups excluding carboxylic acids is 1. The zero-order valence-corrected chi connectivity index (χ0v) is 11.0. The summed E-state index contributed by atoms with van der Waals surface area (Å²) in [5.41, 5.74) is -0.354. The zero-order valence-electron chi connectivity index (χ0n) is 10.3. The Labute approximate surface area is 110 Å². The lowest BCUT2D eigenvalue weighted by atomic mass is 10.0. The average molecular weight is 275 g/mol. The van der Waals surface area contributed by atoms with Crippen molar-refractivity contribution in [3.8, 4) is 0 Å². The monoisotopic (exact) mass is 274 g/mol. The molecule has 0 saturated heterocycles. The van der Waals surface area contributed by atoms with Gasteiger partial charge in [0.1, 0.15) is 5.82 Å². The molecule has 0 spiro atoms. The van der Waals surface area contributed by atoms with Crippen molar-refractivity contribution < 1.29 is 14.3 Å². The smallest absolute Gasteiger partial charge is 0.319 e. The molecule has 0 aromatic heterocycles. The minimum absolute atomic E-state index is 0.0337. The highest BCUT2D eigenvalue weighted by atomic mass is 35.5. The molecule has 100 valence electrons. The SMILES string of the molecule is CC(C)(CCO)NC(=O)Nc1cc(F)ccc1Cl. The summed E-state index contributed by atoms with van der Waals surface area (Å²) in [5, 5.41) is 14.2. The molecule has 2 amide bonds. The summed E-state index contributed by atoms with van der Waals surface area (Å²) < 4.78 is 13.0. The fourth-order valence-electron chi connectivity index (χ4n) is 1.40. The van der Waals surface area contributed by atoms with Gasteiger partial charge >= 0.3 is 6.03 Å². The van der Waals surface area contributed by atoms with Gasteiger partial charge in [-0.05, 0) is 38.5 Å². The molecule has 6 heteroatoms. The second kappa shape index (κ2) is 6.02. The van der Waals surface area contributed by atoms with Crippen LogP contribution in [0.1, 0.15) is 20.3 Å². The predicted octanol–water partition coefficient (Wildman–Crippen LogP) is 2.76. The van der Waals surface area contributed by atoms with E-state index in [1.807, 2.05) is 0 Å². The minimum atomic E-state index is -0.557. The standard InChI is InChI=1S/C12H16ClFN2O2/c1-12(2,5-6-17)16-11(18)15-10-7-8(14)3-4-9(10)13/h3-4,7,17H,5-6H2,1-2H3,(H2,15,16,18). The summed E-state index contributed by atoms with van der Waals surface area (Å²) in [4.78, 5) is 11.7. The number of anilines is 1. The van der Waals surface area contributed by atoms with Crippen LogP contribution in [-0.4, -0.2) is 23.3 Å². The molecule has 0 unspecified atom stereocenters. The summed E-state index contributed by atoms with van der Waals surface area (Å²) >= 11 is 5.82. The van der Waals surface area contributed by atoms with E-state index in [0.717, 1.165) is 6.07 Å². The number of aliphatic hydroxyl groups is 1. The lowest BCUT2D eigenvalue weighted by Gasteiger charge is -2.25. The Morgan fingerprint density at radius 3 is 2.78 bits per heavy atom. The highest BCUT2D eigenvalue weighted by Crippen LogP contribution is 2.22. The normalized spacial score (nSPS) is 11.2.